The number of hydrogen-bond donors (Lipinski definition) is 0. The van der Waals surface area contributed by atoms with Gasteiger partial charge in [0.05, 0.1) is 12.7 Å². The molecule has 0 spiro atoms. The summed E-state index contributed by atoms with van der Waals surface area (Å²) < 4.78 is 4.92. The molecule has 4 rings (SSSR count). The van der Waals surface area contributed by atoms with E-state index in [1.165, 1.54) is 31.9 Å². The first-order valence-electron chi connectivity index (χ1n) is 8.55. The highest BCUT2D eigenvalue weighted by Gasteiger charge is 2.27. The van der Waals surface area contributed by atoms with Gasteiger partial charge in [-0.05, 0) is 78.3 Å². The Balaban J connectivity index is 1.57. The van der Waals surface area contributed by atoms with Gasteiger partial charge in [-0.25, -0.2) is 4.79 Å². The van der Waals surface area contributed by atoms with Crippen LogP contribution in [0.2, 0.25) is 0 Å². The van der Waals surface area contributed by atoms with Crippen LogP contribution >= 0.6 is 0 Å². The molecule has 0 heterocycles. The zero-order chi connectivity index (χ0) is 15.8. The Bertz CT molecular complexity index is 760. The second-order valence-corrected chi connectivity index (χ2v) is 6.82. The van der Waals surface area contributed by atoms with E-state index < -0.39 is 0 Å². The van der Waals surface area contributed by atoms with Crippen LogP contribution in [0.5, 0.6) is 0 Å². The van der Waals surface area contributed by atoms with Gasteiger partial charge in [-0.3, -0.25) is 0 Å². The Kier molecular flexibility index (Phi) is 3.68. The van der Waals surface area contributed by atoms with Crippen LogP contribution < -0.4 is 0 Å². The lowest BCUT2D eigenvalue weighted by atomic mass is 9.93. The smallest absolute Gasteiger partial charge is 0.338 e. The van der Waals surface area contributed by atoms with Gasteiger partial charge in [-0.1, -0.05) is 30.3 Å². The van der Waals surface area contributed by atoms with Gasteiger partial charge in [-0.15, -0.1) is 0 Å². The molecule has 0 saturated carbocycles. The number of benzene rings is 2. The summed E-state index contributed by atoms with van der Waals surface area (Å²) >= 11 is 0. The zero-order valence-corrected chi connectivity index (χ0v) is 13.6. The Labute approximate surface area is 137 Å². The summed E-state index contributed by atoms with van der Waals surface area (Å²) in [4.78, 5) is 12.0. The Morgan fingerprint density at radius 2 is 1.87 bits per heavy atom. The topological polar surface area (TPSA) is 26.3 Å². The summed E-state index contributed by atoms with van der Waals surface area (Å²) in [5.74, 6) is 0.375. The van der Waals surface area contributed by atoms with E-state index in [2.05, 4.69) is 18.2 Å². The van der Waals surface area contributed by atoms with E-state index >= 15 is 0 Å². The molecule has 0 N–H and O–H groups in total. The third-order valence-electron chi connectivity index (χ3n) is 5.43. The monoisotopic (exact) mass is 306 g/mol. The van der Waals surface area contributed by atoms with Crippen molar-refractivity contribution in [3.05, 3.63) is 69.8 Å². The maximum atomic E-state index is 12.0. The SMILES string of the molecule is COC(=O)c1ccccc1C[C@@H]1Cc2ccc3c(c2C1)CCC3. The van der Waals surface area contributed by atoms with Crippen LogP contribution in [-0.4, -0.2) is 13.1 Å². The normalized spacial score (nSPS) is 18.6. The average molecular weight is 306 g/mol. The Morgan fingerprint density at radius 1 is 1.04 bits per heavy atom. The number of rotatable bonds is 3. The molecule has 0 radical (unpaired) electrons. The average Bonchev–Trinajstić information content (AvgIpc) is 3.19. The molecule has 0 unspecified atom stereocenters. The number of hydrogen-bond acceptors (Lipinski definition) is 2. The lowest BCUT2D eigenvalue weighted by molar-refractivity contribution is 0.0599. The predicted molar refractivity (Wildman–Crippen MR) is 90.9 cm³/mol. The Hall–Kier alpha value is -2.09. The first-order valence-corrected chi connectivity index (χ1v) is 8.55. The standard InChI is InChI=1S/C21H22O2/c1-23-21(22)19-7-3-2-5-16(19)11-14-12-17-10-9-15-6-4-8-18(15)20(17)13-14/h2-3,5,7,9-10,14H,4,6,8,11-13H2,1H3/t14-/m1/s1. The van der Waals surface area contributed by atoms with Crippen LogP contribution in [0.15, 0.2) is 36.4 Å². The van der Waals surface area contributed by atoms with E-state index in [9.17, 15) is 4.79 Å². The minimum Gasteiger partial charge on any atom is -0.465 e. The number of fused-ring (bicyclic) bond motifs is 3. The number of ether oxygens (including phenoxy) is 1. The summed E-state index contributed by atoms with van der Waals surface area (Å²) in [5, 5.41) is 0. The molecule has 0 fully saturated rings. The van der Waals surface area contributed by atoms with Crippen molar-refractivity contribution >= 4 is 5.97 Å². The summed E-state index contributed by atoms with van der Waals surface area (Å²) in [7, 11) is 1.45. The number of carbonyl (C=O) groups is 1. The fourth-order valence-electron chi connectivity index (χ4n) is 4.37. The molecule has 0 saturated heterocycles. The molecule has 23 heavy (non-hydrogen) atoms. The third kappa shape index (κ3) is 2.56. The van der Waals surface area contributed by atoms with Crippen LogP contribution in [0.4, 0.5) is 0 Å². The quantitative estimate of drug-likeness (QED) is 0.803. The summed E-state index contributed by atoms with van der Waals surface area (Å²) in [6.45, 7) is 0. The molecule has 2 aromatic rings. The molecule has 118 valence electrons. The van der Waals surface area contributed by atoms with Crippen LogP contribution in [0.3, 0.4) is 0 Å². The van der Waals surface area contributed by atoms with E-state index in [0.29, 0.717) is 5.92 Å². The van der Waals surface area contributed by atoms with Gasteiger partial charge >= 0.3 is 5.97 Å². The summed E-state index contributed by atoms with van der Waals surface area (Å²) in [5.41, 5.74) is 8.18. The molecule has 0 bridgehead atoms. The van der Waals surface area contributed by atoms with Crippen molar-refractivity contribution < 1.29 is 9.53 Å². The van der Waals surface area contributed by atoms with Crippen molar-refractivity contribution in [2.45, 2.75) is 38.5 Å². The molecule has 1 atom stereocenters. The van der Waals surface area contributed by atoms with Gasteiger partial charge in [0.2, 0.25) is 0 Å². The second kappa shape index (κ2) is 5.84. The molecular weight excluding hydrogens is 284 g/mol. The first kappa shape index (κ1) is 14.5. The third-order valence-corrected chi connectivity index (χ3v) is 5.43. The van der Waals surface area contributed by atoms with Crippen LogP contribution in [-0.2, 0) is 36.8 Å². The van der Waals surface area contributed by atoms with E-state index in [0.717, 1.165) is 30.4 Å². The molecule has 0 aliphatic heterocycles. The summed E-state index contributed by atoms with van der Waals surface area (Å²) in [6.07, 6.45) is 7.06. The van der Waals surface area contributed by atoms with Crippen molar-refractivity contribution in [3.63, 3.8) is 0 Å². The fourth-order valence-corrected chi connectivity index (χ4v) is 4.37. The molecule has 2 heteroatoms. The van der Waals surface area contributed by atoms with Crippen LogP contribution in [0.1, 0.15) is 44.6 Å². The van der Waals surface area contributed by atoms with Gasteiger partial charge in [0.1, 0.15) is 0 Å². The van der Waals surface area contributed by atoms with Gasteiger partial charge in [0, 0.05) is 0 Å². The van der Waals surface area contributed by atoms with E-state index in [-0.39, 0.29) is 5.97 Å². The number of esters is 1. The van der Waals surface area contributed by atoms with Crippen molar-refractivity contribution in [2.24, 2.45) is 5.92 Å². The number of carbonyl (C=O) groups excluding carboxylic acids is 1. The van der Waals surface area contributed by atoms with E-state index in [1.54, 1.807) is 16.7 Å². The van der Waals surface area contributed by atoms with Crippen LogP contribution in [0, 0.1) is 5.92 Å². The highest BCUT2D eigenvalue weighted by Crippen LogP contribution is 2.36. The first-order chi connectivity index (χ1) is 11.3. The van der Waals surface area contributed by atoms with Gasteiger partial charge in [0.25, 0.3) is 0 Å². The molecular formula is C21H22O2. The lowest BCUT2D eigenvalue weighted by Gasteiger charge is -2.12. The highest BCUT2D eigenvalue weighted by molar-refractivity contribution is 5.91. The predicted octanol–water partition coefficient (Wildman–Crippen LogP) is 3.92. The van der Waals surface area contributed by atoms with Gasteiger partial charge < -0.3 is 4.74 Å². The van der Waals surface area contributed by atoms with Crippen molar-refractivity contribution in [3.8, 4) is 0 Å². The maximum absolute atomic E-state index is 12.0. The molecule has 0 amide bonds. The number of aryl methyl sites for hydroxylation is 1. The van der Waals surface area contributed by atoms with Gasteiger partial charge in [0.15, 0.2) is 0 Å². The molecule has 0 aromatic heterocycles. The number of methoxy groups -OCH3 is 1. The second-order valence-electron chi connectivity index (χ2n) is 6.82. The van der Waals surface area contributed by atoms with Crippen molar-refractivity contribution in [2.75, 3.05) is 7.11 Å². The Morgan fingerprint density at radius 3 is 2.74 bits per heavy atom. The zero-order valence-electron chi connectivity index (χ0n) is 13.6. The lowest BCUT2D eigenvalue weighted by Crippen LogP contribution is -2.10. The molecule has 2 aliphatic rings. The molecule has 2 aromatic carbocycles. The maximum Gasteiger partial charge on any atom is 0.338 e. The largest absolute Gasteiger partial charge is 0.465 e. The molecule has 2 nitrogen and oxygen atoms in total. The fraction of sp³-hybridized carbons (Fsp3) is 0.381. The minimum absolute atomic E-state index is 0.225. The highest BCUT2D eigenvalue weighted by atomic mass is 16.5. The minimum atomic E-state index is -0.225. The van der Waals surface area contributed by atoms with Crippen LogP contribution in [0.25, 0.3) is 0 Å². The van der Waals surface area contributed by atoms with Crippen molar-refractivity contribution in [1.29, 1.82) is 0 Å². The van der Waals surface area contributed by atoms with Gasteiger partial charge in [-0.2, -0.15) is 0 Å². The summed E-state index contributed by atoms with van der Waals surface area (Å²) in [6, 6.07) is 12.5. The van der Waals surface area contributed by atoms with E-state index in [1.807, 2.05) is 18.2 Å². The molecule has 2 aliphatic carbocycles. The van der Waals surface area contributed by atoms with Crippen molar-refractivity contribution in [1.82, 2.24) is 0 Å². The van der Waals surface area contributed by atoms with E-state index in [4.69, 9.17) is 4.74 Å².